The number of rotatable bonds is 11. The maximum atomic E-state index is 13.6. The number of nitrogens with one attached hydrogen (secondary N) is 1. The Kier molecular flexibility index (Phi) is 6.63. The van der Waals surface area contributed by atoms with Crippen molar-refractivity contribution in [3.63, 3.8) is 0 Å². The van der Waals surface area contributed by atoms with Crippen molar-refractivity contribution in [3.8, 4) is 0 Å². The smallest absolute Gasteiger partial charge is 0.249 e. The molecule has 1 aliphatic carbocycles. The molecule has 1 fully saturated rings. The maximum Gasteiger partial charge on any atom is 0.249 e. The molecule has 0 unspecified atom stereocenters. The quantitative estimate of drug-likeness (QED) is 0.537. The first-order valence-electron chi connectivity index (χ1n) is 8.53. The standard InChI is InChI=1S/C16H23F2N4O4/c1-2-10(13(25)15-22-21-14(26-15)9-3-4-9)20-12(24)6-8-16(17,18)7-5-11(19)23/h6,9-10,13,25H,2-5,7-8H2,1H3,(H2,19,23)(H,20,24)/t10-,13-/m0/s1. The van der Waals surface area contributed by atoms with E-state index in [-0.39, 0.29) is 11.8 Å². The van der Waals surface area contributed by atoms with E-state index in [0.29, 0.717) is 12.3 Å². The topological polar surface area (TPSA) is 131 Å². The molecule has 1 radical (unpaired) electrons. The number of nitrogens with two attached hydrogens (primary N) is 1. The Hall–Kier alpha value is -2.10. The van der Waals surface area contributed by atoms with E-state index in [1.165, 1.54) is 0 Å². The summed E-state index contributed by atoms with van der Waals surface area (Å²) in [4.78, 5) is 22.5. The van der Waals surface area contributed by atoms with Gasteiger partial charge >= 0.3 is 0 Å². The second kappa shape index (κ2) is 8.52. The SMILES string of the molecule is CC[C@H](NC(=O)[CH]CC(F)(F)CCC(N)=O)[C@H](O)c1nnc(C2CC2)o1. The number of aliphatic hydroxyl groups is 1. The maximum absolute atomic E-state index is 13.6. The summed E-state index contributed by atoms with van der Waals surface area (Å²) in [5.41, 5.74) is 4.84. The first-order valence-corrected chi connectivity index (χ1v) is 8.53. The Morgan fingerprint density at radius 1 is 1.46 bits per heavy atom. The minimum atomic E-state index is -3.21. The van der Waals surface area contributed by atoms with Crippen LogP contribution in [0.2, 0.25) is 0 Å². The van der Waals surface area contributed by atoms with Crippen LogP contribution < -0.4 is 11.1 Å². The van der Waals surface area contributed by atoms with Crippen LogP contribution in [0.3, 0.4) is 0 Å². The largest absolute Gasteiger partial charge is 0.422 e. The van der Waals surface area contributed by atoms with Gasteiger partial charge in [0.1, 0.15) is 0 Å². The zero-order chi connectivity index (χ0) is 19.3. The molecule has 0 saturated heterocycles. The minimum Gasteiger partial charge on any atom is -0.422 e. The number of carbonyl (C=O) groups is 2. The third kappa shape index (κ3) is 6.01. The lowest BCUT2D eigenvalue weighted by atomic mass is 10.1. The molecule has 0 spiro atoms. The van der Waals surface area contributed by atoms with Crippen LogP contribution in [0.4, 0.5) is 8.78 Å². The number of primary amides is 1. The molecule has 145 valence electrons. The lowest BCUT2D eigenvalue weighted by Crippen LogP contribution is -2.39. The number of alkyl halides is 2. The van der Waals surface area contributed by atoms with Gasteiger partial charge in [-0.3, -0.25) is 9.59 Å². The molecule has 1 aromatic rings. The van der Waals surface area contributed by atoms with Gasteiger partial charge in [-0.1, -0.05) is 6.92 Å². The van der Waals surface area contributed by atoms with Crippen LogP contribution in [0.1, 0.15) is 69.3 Å². The molecule has 1 heterocycles. The Labute approximate surface area is 149 Å². The van der Waals surface area contributed by atoms with E-state index in [2.05, 4.69) is 15.5 Å². The second-order valence-corrected chi connectivity index (χ2v) is 6.45. The fourth-order valence-corrected chi connectivity index (χ4v) is 2.33. The van der Waals surface area contributed by atoms with Crippen molar-refractivity contribution in [1.29, 1.82) is 0 Å². The zero-order valence-corrected chi connectivity index (χ0v) is 14.5. The van der Waals surface area contributed by atoms with Crippen molar-refractivity contribution < 1.29 is 27.9 Å². The number of carbonyl (C=O) groups excluding carboxylic acids is 2. The molecule has 26 heavy (non-hydrogen) atoms. The van der Waals surface area contributed by atoms with Crippen LogP contribution in [-0.2, 0) is 9.59 Å². The number of aliphatic hydroxyl groups excluding tert-OH is 1. The summed E-state index contributed by atoms with van der Waals surface area (Å²) >= 11 is 0. The van der Waals surface area contributed by atoms with Crippen molar-refractivity contribution in [2.24, 2.45) is 5.73 Å². The lowest BCUT2D eigenvalue weighted by Gasteiger charge is -2.21. The molecule has 2 rings (SSSR count). The third-order valence-electron chi connectivity index (χ3n) is 4.11. The molecule has 1 saturated carbocycles. The van der Waals surface area contributed by atoms with E-state index >= 15 is 0 Å². The van der Waals surface area contributed by atoms with E-state index in [1.54, 1.807) is 6.92 Å². The third-order valence-corrected chi connectivity index (χ3v) is 4.11. The highest BCUT2D eigenvalue weighted by Gasteiger charge is 2.33. The van der Waals surface area contributed by atoms with Gasteiger partial charge in [0.25, 0.3) is 0 Å². The van der Waals surface area contributed by atoms with Gasteiger partial charge in [-0.2, -0.15) is 0 Å². The van der Waals surface area contributed by atoms with Gasteiger partial charge in [0, 0.05) is 25.2 Å². The molecule has 8 nitrogen and oxygen atoms in total. The number of hydrogen-bond donors (Lipinski definition) is 3. The van der Waals surface area contributed by atoms with E-state index in [4.69, 9.17) is 10.2 Å². The number of hydrogen-bond acceptors (Lipinski definition) is 6. The fourth-order valence-electron chi connectivity index (χ4n) is 2.33. The first kappa shape index (κ1) is 20.2. The lowest BCUT2D eigenvalue weighted by molar-refractivity contribution is -0.121. The highest BCUT2D eigenvalue weighted by molar-refractivity contribution is 5.85. The summed E-state index contributed by atoms with van der Waals surface area (Å²) in [5, 5.41) is 20.4. The highest BCUT2D eigenvalue weighted by Crippen LogP contribution is 2.39. The van der Waals surface area contributed by atoms with E-state index < -0.39 is 49.1 Å². The van der Waals surface area contributed by atoms with Crippen molar-refractivity contribution in [1.82, 2.24) is 15.5 Å². The van der Waals surface area contributed by atoms with E-state index in [0.717, 1.165) is 19.3 Å². The van der Waals surface area contributed by atoms with Gasteiger partial charge in [-0.05, 0) is 19.3 Å². The van der Waals surface area contributed by atoms with Crippen LogP contribution >= 0.6 is 0 Å². The summed E-state index contributed by atoms with van der Waals surface area (Å²) in [6.07, 6.45) is -0.190. The monoisotopic (exact) mass is 373 g/mol. The molecular formula is C16H23F2N4O4. The highest BCUT2D eigenvalue weighted by atomic mass is 19.3. The first-order chi connectivity index (χ1) is 12.2. The number of aromatic nitrogens is 2. The summed E-state index contributed by atoms with van der Waals surface area (Å²) in [5.74, 6) is -4.11. The molecule has 0 aliphatic heterocycles. The van der Waals surface area contributed by atoms with E-state index in [9.17, 15) is 23.5 Å². The van der Waals surface area contributed by atoms with Crippen molar-refractivity contribution >= 4 is 11.8 Å². The molecule has 0 bridgehead atoms. The van der Waals surface area contributed by atoms with Gasteiger partial charge in [0.15, 0.2) is 6.10 Å². The van der Waals surface area contributed by atoms with Gasteiger partial charge < -0.3 is 20.6 Å². The second-order valence-electron chi connectivity index (χ2n) is 6.45. The van der Waals surface area contributed by atoms with Crippen LogP contribution in [0, 0.1) is 6.42 Å². The molecular weight excluding hydrogens is 350 g/mol. The zero-order valence-electron chi connectivity index (χ0n) is 14.5. The molecule has 10 heteroatoms. The Morgan fingerprint density at radius 2 is 2.15 bits per heavy atom. The van der Waals surface area contributed by atoms with Crippen LogP contribution in [-0.4, -0.2) is 39.1 Å². The number of amides is 2. The van der Waals surface area contributed by atoms with Crippen molar-refractivity contribution in [3.05, 3.63) is 18.2 Å². The predicted molar refractivity (Wildman–Crippen MR) is 85.7 cm³/mol. The van der Waals surface area contributed by atoms with Gasteiger partial charge in [0.2, 0.25) is 29.5 Å². The predicted octanol–water partition coefficient (Wildman–Crippen LogP) is 1.37. The molecule has 2 atom stereocenters. The van der Waals surface area contributed by atoms with Crippen LogP contribution in [0.5, 0.6) is 0 Å². The van der Waals surface area contributed by atoms with Crippen LogP contribution in [0.15, 0.2) is 4.42 Å². The average Bonchev–Trinajstić information content (AvgIpc) is 3.33. The number of nitrogens with zero attached hydrogens (tertiary/aromatic N) is 2. The molecule has 4 N–H and O–H groups in total. The summed E-state index contributed by atoms with van der Waals surface area (Å²) in [6, 6.07) is -0.759. The summed E-state index contributed by atoms with van der Waals surface area (Å²) < 4.78 is 32.5. The fraction of sp³-hybridized carbons (Fsp3) is 0.688. The molecule has 1 aliphatic rings. The Morgan fingerprint density at radius 3 is 2.73 bits per heavy atom. The summed E-state index contributed by atoms with van der Waals surface area (Å²) in [6.45, 7) is 1.72. The Bertz CT molecular complexity index is 634. The van der Waals surface area contributed by atoms with Gasteiger partial charge in [-0.15, -0.1) is 10.2 Å². The molecule has 2 amide bonds. The van der Waals surface area contributed by atoms with Gasteiger partial charge in [0.05, 0.1) is 12.5 Å². The molecule has 1 aromatic heterocycles. The van der Waals surface area contributed by atoms with Crippen molar-refractivity contribution in [2.45, 2.75) is 69.4 Å². The summed E-state index contributed by atoms with van der Waals surface area (Å²) in [7, 11) is 0. The van der Waals surface area contributed by atoms with Crippen molar-refractivity contribution in [2.75, 3.05) is 0 Å². The van der Waals surface area contributed by atoms with Gasteiger partial charge in [-0.25, -0.2) is 8.78 Å². The van der Waals surface area contributed by atoms with Crippen LogP contribution in [0.25, 0.3) is 0 Å². The van der Waals surface area contributed by atoms with E-state index in [1.807, 2.05) is 0 Å². The minimum absolute atomic E-state index is 0.00848. The average molecular weight is 373 g/mol. The Balaban J connectivity index is 1.83. The normalized spacial score (nSPS) is 16.9. The number of halogens is 2. The molecule has 0 aromatic carbocycles.